The molecule has 0 aliphatic heterocycles. The zero-order valence-corrected chi connectivity index (χ0v) is 10.6. The lowest BCUT2D eigenvalue weighted by Gasteiger charge is -2.12. The van der Waals surface area contributed by atoms with Crippen LogP contribution in [0.1, 0.15) is 30.9 Å². The molecular formula is C16H17NO. The van der Waals surface area contributed by atoms with E-state index >= 15 is 0 Å². The lowest BCUT2D eigenvalue weighted by atomic mass is 9.95. The van der Waals surface area contributed by atoms with Gasteiger partial charge in [-0.05, 0) is 35.2 Å². The average molecular weight is 239 g/mol. The molecule has 1 N–H and O–H groups in total. The number of benzene rings is 2. The largest absolute Gasteiger partial charge is 0.393 e. The molecule has 2 heteroatoms. The molecule has 0 bridgehead atoms. The second kappa shape index (κ2) is 5.66. The second-order valence-corrected chi connectivity index (χ2v) is 4.58. The molecule has 0 aliphatic carbocycles. The van der Waals surface area contributed by atoms with E-state index in [9.17, 15) is 5.11 Å². The average Bonchev–Trinajstić information content (AvgIpc) is 2.39. The fraction of sp³-hybridized carbons (Fsp3) is 0.312. The molecular weight excluding hydrogens is 222 g/mol. The van der Waals surface area contributed by atoms with Gasteiger partial charge in [0, 0.05) is 0 Å². The van der Waals surface area contributed by atoms with Gasteiger partial charge in [0.1, 0.15) is 0 Å². The molecule has 0 radical (unpaired) electrons. The van der Waals surface area contributed by atoms with Crippen LogP contribution in [0, 0.1) is 11.3 Å². The van der Waals surface area contributed by atoms with Crippen molar-refractivity contribution in [1.82, 2.24) is 0 Å². The van der Waals surface area contributed by atoms with Crippen molar-refractivity contribution in [3.8, 4) is 6.07 Å². The summed E-state index contributed by atoms with van der Waals surface area (Å²) in [5.74, 6) is 0. The van der Waals surface area contributed by atoms with Gasteiger partial charge in [-0.15, -0.1) is 0 Å². The first-order chi connectivity index (χ1) is 8.76. The van der Waals surface area contributed by atoms with E-state index in [4.69, 9.17) is 5.26 Å². The number of rotatable bonds is 4. The standard InChI is InChI=1S/C16H17NO/c1-2-5-14(18)10-12-8-9-13(11-17)16-7-4-3-6-15(12)16/h3-4,6-9,14,18H,2,5,10H2,1H3. The quantitative estimate of drug-likeness (QED) is 0.888. The topological polar surface area (TPSA) is 44.0 Å². The van der Waals surface area contributed by atoms with Crippen molar-refractivity contribution in [2.75, 3.05) is 0 Å². The molecule has 0 amide bonds. The molecule has 0 spiro atoms. The second-order valence-electron chi connectivity index (χ2n) is 4.58. The van der Waals surface area contributed by atoms with Crippen LogP contribution in [0.15, 0.2) is 36.4 Å². The normalized spacial score (nSPS) is 12.3. The van der Waals surface area contributed by atoms with Crippen molar-refractivity contribution in [2.45, 2.75) is 32.3 Å². The predicted octanol–water partition coefficient (Wildman–Crippen LogP) is 3.41. The molecule has 1 atom stereocenters. The van der Waals surface area contributed by atoms with Crippen molar-refractivity contribution in [1.29, 1.82) is 5.26 Å². The Morgan fingerprint density at radius 3 is 2.56 bits per heavy atom. The van der Waals surface area contributed by atoms with Crippen LogP contribution in [0.2, 0.25) is 0 Å². The third-order valence-electron chi connectivity index (χ3n) is 3.21. The molecule has 0 saturated carbocycles. The number of nitriles is 1. The van der Waals surface area contributed by atoms with E-state index < -0.39 is 0 Å². The summed E-state index contributed by atoms with van der Waals surface area (Å²) in [4.78, 5) is 0. The Hall–Kier alpha value is -1.85. The van der Waals surface area contributed by atoms with Gasteiger partial charge in [0.15, 0.2) is 0 Å². The highest BCUT2D eigenvalue weighted by Gasteiger charge is 2.09. The molecule has 0 aromatic heterocycles. The highest BCUT2D eigenvalue weighted by Crippen LogP contribution is 2.24. The van der Waals surface area contributed by atoms with Crippen LogP contribution in [0.3, 0.4) is 0 Å². The molecule has 2 aromatic carbocycles. The van der Waals surface area contributed by atoms with Crippen LogP contribution >= 0.6 is 0 Å². The van der Waals surface area contributed by atoms with Gasteiger partial charge in [0.05, 0.1) is 17.7 Å². The van der Waals surface area contributed by atoms with Gasteiger partial charge < -0.3 is 5.11 Å². The number of aliphatic hydroxyl groups excluding tert-OH is 1. The summed E-state index contributed by atoms with van der Waals surface area (Å²) in [5, 5.41) is 21.1. The number of nitrogens with zero attached hydrogens (tertiary/aromatic N) is 1. The van der Waals surface area contributed by atoms with Crippen molar-refractivity contribution in [3.63, 3.8) is 0 Å². The third-order valence-corrected chi connectivity index (χ3v) is 3.21. The van der Waals surface area contributed by atoms with Gasteiger partial charge >= 0.3 is 0 Å². The molecule has 1 unspecified atom stereocenters. The van der Waals surface area contributed by atoms with Gasteiger partial charge in [0.25, 0.3) is 0 Å². The Morgan fingerprint density at radius 2 is 1.89 bits per heavy atom. The first kappa shape index (κ1) is 12.6. The molecule has 0 saturated heterocycles. The molecule has 0 aliphatic rings. The molecule has 2 aromatic rings. The molecule has 18 heavy (non-hydrogen) atoms. The smallest absolute Gasteiger partial charge is 0.0998 e. The third kappa shape index (κ3) is 2.52. The van der Waals surface area contributed by atoms with Crippen molar-refractivity contribution >= 4 is 10.8 Å². The van der Waals surface area contributed by atoms with E-state index in [1.54, 1.807) is 0 Å². The van der Waals surface area contributed by atoms with Crippen LogP contribution in [0.25, 0.3) is 10.8 Å². The van der Waals surface area contributed by atoms with E-state index in [0.717, 1.165) is 29.2 Å². The monoisotopic (exact) mass is 239 g/mol. The number of hydrogen-bond donors (Lipinski definition) is 1. The maximum atomic E-state index is 9.92. The summed E-state index contributed by atoms with van der Waals surface area (Å²) in [5.41, 5.74) is 1.81. The minimum absolute atomic E-state index is 0.300. The van der Waals surface area contributed by atoms with Crippen LogP contribution in [0.5, 0.6) is 0 Å². The Labute approximate surface area is 107 Å². The zero-order chi connectivity index (χ0) is 13.0. The van der Waals surface area contributed by atoms with E-state index in [0.29, 0.717) is 12.0 Å². The van der Waals surface area contributed by atoms with Crippen molar-refractivity contribution in [3.05, 3.63) is 47.5 Å². The highest BCUT2D eigenvalue weighted by molar-refractivity contribution is 5.90. The lowest BCUT2D eigenvalue weighted by molar-refractivity contribution is 0.164. The molecule has 0 fully saturated rings. The van der Waals surface area contributed by atoms with Crippen LogP contribution in [-0.4, -0.2) is 11.2 Å². The van der Waals surface area contributed by atoms with Crippen molar-refractivity contribution < 1.29 is 5.11 Å². The van der Waals surface area contributed by atoms with Gasteiger partial charge in [-0.25, -0.2) is 0 Å². The van der Waals surface area contributed by atoms with E-state index in [1.165, 1.54) is 0 Å². The van der Waals surface area contributed by atoms with Gasteiger partial charge in [-0.2, -0.15) is 5.26 Å². The van der Waals surface area contributed by atoms with Crippen molar-refractivity contribution in [2.24, 2.45) is 0 Å². The fourth-order valence-electron chi connectivity index (χ4n) is 2.33. The summed E-state index contributed by atoms with van der Waals surface area (Å²) >= 11 is 0. The first-order valence-corrected chi connectivity index (χ1v) is 6.35. The van der Waals surface area contributed by atoms with Crippen LogP contribution < -0.4 is 0 Å². The number of fused-ring (bicyclic) bond motifs is 1. The zero-order valence-electron chi connectivity index (χ0n) is 10.6. The summed E-state index contributed by atoms with van der Waals surface area (Å²) in [7, 11) is 0. The maximum absolute atomic E-state index is 9.92. The Bertz CT molecular complexity index is 583. The van der Waals surface area contributed by atoms with Gasteiger partial charge in [-0.3, -0.25) is 0 Å². The van der Waals surface area contributed by atoms with E-state index in [2.05, 4.69) is 13.0 Å². The molecule has 0 heterocycles. The Kier molecular flexibility index (Phi) is 3.96. The molecule has 2 rings (SSSR count). The number of hydrogen-bond acceptors (Lipinski definition) is 2. The minimum atomic E-state index is -0.300. The summed E-state index contributed by atoms with van der Waals surface area (Å²) < 4.78 is 0. The predicted molar refractivity (Wildman–Crippen MR) is 73.3 cm³/mol. The van der Waals surface area contributed by atoms with Gasteiger partial charge in [-0.1, -0.05) is 43.7 Å². The molecule has 92 valence electrons. The lowest BCUT2D eigenvalue weighted by Crippen LogP contribution is -2.10. The van der Waals surface area contributed by atoms with Crippen LogP contribution in [-0.2, 0) is 6.42 Å². The molecule has 2 nitrogen and oxygen atoms in total. The maximum Gasteiger partial charge on any atom is 0.0998 e. The highest BCUT2D eigenvalue weighted by atomic mass is 16.3. The number of aliphatic hydroxyl groups is 1. The summed E-state index contributed by atoms with van der Waals surface area (Å²) in [6.45, 7) is 2.07. The Balaban J connectivity index is 2.44. The van der Waals surface area contributed by atoms with Crippen LogP contribution in [0.4, 0.5) is 0 Å². The fourth-order valence-corrected chi connectivity index (χ4v) is 2.33. The Morgan fingerprint density at radius 1 is 1.17 bits per heavy atom. The first-order valence-electron chi connectivity index (χ1n) is 6.35. The SMILES string of the molecule is CCCC(O)Cc1ccc(C#N)c2ccccc12. The van der Waals surface area contributed by atoms with E-state index in [-0.39, 0.29) is 6.10 Å². The minimum Gasteiger partial charge on any atom is -0.393 e. The summed E-state index contributed by atoms with van der Waals surface area (Å²) in [6, 6.07) is 13.9. The van der Waals surface area contributed by atoms with Gasteiger partial charge in [0.2, 0.25) is 0 Å². The van der Waals surface area contributed by atoms with E-state index in [1.807, 2.05) is 36.4 Å². The summed E-state index contributed by atoms with van der Waals surface area (Å²) in [6.07, 6.45) is 2.15.